The zero-order valence-electron chi connectivity index (χ0n) is 13.5. The van der Waals surface area contributed by atoms with E-state index in [0.29, 0.717) is 12.5 Å². The van der Waals surface area contributed by atoms with Crippen LogP contribution >= 0.6 is 0 Å². The third-order valence-corrected chi connectivity index (χ3v) is 4.50. The second-order valence-corrected chi connectivity index (χ2v) is 6.15. The van der Waals surface area contributed by atoms with Crippen molar-refractivity contribution in [2.75, 3.05) is 19.7 Å². The molecular formula is C18H28N2O2. The highest BCUT2D eigenvalue weighted by atomic mass is 16.2. The van der Waals surface area contributed by atoms with Crippen molar-refractivity contribution in [1.82, 2.24) is 10.2 Å². The first-order valence-corrected chi connectivity index (χ1v) is 8.40. The predicted octanol–water partition coefficient (Wildman–Crippen LogP) is 2.49. The lowest BCUT2D eigenvalue weighted by Crippen LogP contribution is -2.35. The normalized spacial score (nSPS) is 20.0. The molecule has 0 spiro atoms. The molecule has 4 heteroatoms. The largest absolute Gasteiger partial charge is 0.396 e. The van der Waals surface area contributed by atoms with Crippen LogP contribution < -0.4 is 5.32 Å². The minimum atomic E-state index is 0.0532. The summed E-state index contributed by atoms with van der Waals surface area (Å²) in [4.78, 5) is 14.5. The average molecular weight is 304 g/mol. The highest BCUT2D eigenvalue weighted by Crippen LogP contribution is 2.21. The van der Waals surface area contributed by atoms with Gasteiger partial charge >= 0.3 is 0 Å². The maximum Gasteiger partial charge on any atom is 0.221 e. The number of carbonyl (C=O) groups is 1. The standard InChI is InChI=1S/C18H28N2O2/c1-15(16-7-3-2-4-8-16)19-18(22)11-13-20-12-5-9-17(20)10-6-14-21/h2-4,7-8,15,17,21H,5-6,9-14H2,1H3,(H,19,22). The zero-order chi connectivity index (χ0) is 15.8. The van der Waals surface area contributed by atoms with Crippen LogP contribution in [-0.4, -0.2) is 41.7 Å². The molecule has 1 aromatic carbocycles. The van der Waals surface area contributed by atoms with E-state index >= 15 is 0 Å². The number of nitrogens with one attached hydrogen (secondary N) is 1. The molecule has 0 aliphatic carbocycles. The van der Waals surface area contributed by atoms with E-state index in [1.54, 1.807) is 0 Å². The molecule has 2 rings (SSSR count). The van der Waals surface area contributed by atoms with Crippen molar-refractivity contribution in [3.05, 3.63) is 35.9 Å². The number of hydrogen-bond donors (Lipinski definition) is 2. The maximum atomic E-state index is 12.1. The lowest BCUT2D eigenvalue weighted by Gasteiger charge is -2.24. The van der Waals surface area contributed by atoms with E-state index < -0.39 is 0 Å². The van der Waals surface area contributed by atoms with Gasteiger partial charge in [0.05, 0.1) is 6.04 Å². The molecule has 0 aromatic heterocycles. The molecule has 2 N–H and O–H groups in total. The molecule has 0 radical (unpaired) electrons. The van der Waals surface area contributed by atoms with Gasteiger partial charge < -0.3 is 10.4 Å². The van der Waals surface area contributed by atoms with E-state index in [1.165, 1.54) is 12.8 Å². The van der Waals surface area contributed by atoms with Crippen LogP contribution in [0.15, 0.2) is 30.3 Å². The van der Waals surface area contributed by atoms with Gasteiger partial charge in [-0.25, -0.2) is 0 Å². The Morgan fingerprint density at radius 1 is 1.41 bits per heavy atom. The van der Waals surface area contributed by atoms with E-state index in [0.717, 1.165) is 31.5 Å². The van der Waals surface area contributed by atoms with Gasteiger partial charge in [-0.05, 0) is 44.7 Å². The van der Waals surface area contributed by atoms with E-state index in [2.05, 4.69) is 10.2 Å². The first-order chi connectivity index (χ1) is 10.7. The summed E-state index contributed by atoms with van der Waals surface area (Å²) in [5.41, 5.74) is 1.14. The summed E-state index contributed by atoms with van der Waals surface area (Å²) in [6, 6.07) is 10.6. The topological polar surface area (TPSA) is 52.6 Å². The fourth-order valence-corrected chi connectivity index (χ4v) is 3.23. The molecule has 2 unspecified atom stereocenters. The molecule has 1 fully saturated rings. The van der Waals surface area contributed by atoms with Gasteiger partial charge in [0.1, 0.15) is 0 Å². The molecule has 1 aromatic rings. The summed E-state index contributed by atoms with van der Waals surface area (Å²) in [5, 5.41) is 12.0. The SMILES string of the molecule is CC(NC(=O)CCN1CCCC1CCCO)c1ccccc1. The van der Waals surface area contributed by atoms with Gasteiger partial charge in [-0.3, -0.25) is 9.69 Å². The smallest absolute Gasteiger partial charge is 0.221 e. The van der Waals surface area contributed by atoms with Crippen molar-refractivity contribution in [3.8, 4) is 0 Å². The Bertz CT molecular complexity index is 450. The van der Waals surface area contributed by atoms with Crippen LogP contribution in [0.4, 0.5) is 0 Å². The molecule has 1 heterocycles. The van der Waals surface area contributed by atoms with Gasteiger partial charge in [-0.15, -0.1) is 0 Å². The molecule has 2 atom stereocenters. The molecule has 1 saturated heterocycles. The molecule has 0 saturated carbocycles. The minimum Gasteiger partial charge on any atom is -0.396 e. The summed E-state index contributed by atoms with van der Waals surface area (Å²) in [5.74, 6) is 0.115. The maximum absolute atomic E-state index is 12.1. The first-order valence-electron chi connectivity index (χ1n) is 8.40. The fraction of sp³-hybridized carbons (Fsp3) is 0.611. The molecular weight excluding hydrogens is 276 g/mol. The zero-order valence-corrected chi connectivity index (χ0v) is 13.5. The third kappa shape index (κ3) is 5.11. The van der Waals surface area contributed by atoms with Gasteiger partial charge in [0, 0.05) is 25.6 Å². The van der Waals surface area contributed by atoms with Crippen molar-refractivity contribution in [3.63, 3.8) is 0 Å². The highest BCUT2D eigenvalue weighted by Gasteiger charge is 2.24. The Morgan fingerprint density at radius 2 is 2.18 bits per heavy atom. The Morgan fingerprint density at radius 3 is 2.91 bits per heavy atom. The van der Waals surface area contributed by atoms with Crippen molar-refractivity contribution >= 4 is 5.91 Å². The third-order valence-electron chi connectivity index (χ3n) is 4.50. The number of rotatable bonds is 8. The fourth-order valence-electron chi connectivity index (χ4n) is 3.23. The van der Waals surface area contributed by atoms with Gasteiger partial charge in [-0.1, -0.05) is 30.3 Å². The number of aliphatic hydroxyl groups is 1. The van der Waals surface area contributed by atoms with Crippen molar-refractivity contribution < 1.29 is 9.90 Å². The van der Waals surface area contributed by atoms with Gasteiger partial charge in [0.25, 0.3) is 0 Å². The quantitative estimate of drug-likeness (QED) is 0.776. The van der Waals surface area contributed by atoms with Crippen LogP contribution in [-0.2, 0) is 4.79 Å². The van der Waals surface area contributed by atoms with Gasteiger partial charge in [-0.2, -0.15) is 0 Å². The number of carbonyl (C=O) groups excluding carboxylic acids is 1. The minimum absolute atomic E-state index is 0.0532. The van der Waals surface area contributed by atoms with Crippen molar-refractivity contribution in [2.24, 2.45) is 0 Å². The molecule has 4 nitrogen and oxygen atoms in total. The summed E-state index contributed by atoms with van der Waals surface area (Å²) in [6.45, 7) is 4.19. The Kier molecular flexibility index (Phi) is 6.87. The van der Waals surface area contributed by atoms with Crippen molar-refractivity contribution in [2.45, 2.75) is 51.1 Å². The monoisotopic (exact) mass is 304 g/mol. The van der Waals surface area contributed by atoms with Crippen LogP contribution in [0.5, 0.6) is 0 Å². The second-order valence-electron chi connectivity index (χ2n) is 6.15. The van der Waals surface area contributed by atoms with E-state index in [-0.39, 0.29) is 18.6 Å². The molecule has 1 amide bonds. The van der Waals surface area contributed by atoms with Crippen LogP contribution in [0.2, 0.25) is 0 Å². The molecule has 0 bridgehead atoms. The highest BCUT2D eigenvalue weighted by molar-refractivity contribution is 5.76. The number of likely N-dealkylation sites (tertiary alicyclic amines) is 1. The Hall–Kier alpha value is -1.39. The summed E-state index contributed by atoms with van der Waals surface area (Å²) in [7, 11) is 0. The number of aliphatic hydroxyl groups excluding tert-OH is 1. The van der Waals surface area contributed by atoms with Crippen LogP contribution in [0.3, 0.4) is 0 Å². The van der Waals surface area contributed by atoms with Crippen LogP contribution in [0.25, 0.3) is 0 Å². The number of nitrogens with zero attached hydrogens (tertiary/aromatic N) is 1. The number of amides is 1. The van der Waals surface area contributed by atoms with E-state index in [9.17, 15) is 4.79 Å². The van der Waals surface area contributed by atoms with Crippen LogP contribution in [0.1, 0.15) is 50.6 Å². The average Bonchev–Trinajstić information content (AvgIpc) is 2.99. The molecule has 1 aliphatic rings. The van der Waals surface area contributed by atoms with Crippen LogP contribution in [0, 0.1) is 0 Å². The molecule has 22 heavy (non-hydrogen) atoms. The molecule has 1 aliphatic heterocycles. The van der Waals surface area contributed by atoms with E-state index in [4.69, 9.17) is 5.11 Å². The summed E-state index contributed by atoms with van der Waals surface area (Å²) >= 11 is 0. The van der Waals surface area contributed by atoms with Crippen molar-refractivity contribution in [1.29, 1.82) is 0 Å². The number of benzene rings is 1. The summed E-state index contributed by atoms with van der Waals surface area (Å²) in [6.07, 6.45) is 4.85. The first kappa shape index (κ1) is 17.0. The second kappa shape index (κ2) is 8.91. The molecule has 122 valence electrons. The van der Waals surface area contributed by atoms with Gasteiger partial charge in [0.15, 0.2) is 0 Å². The summed E-state index contributed by atoms with van der Waals surface area (Å²) < 4.78 is 0. The predicted molar refractivity (Wildman–Crippen MR) is 88.5 cm³/mol. The number of hydrogen-bond acceptors (Lipinski definition) is 3. The Labute approximate surface area is 133 Å². The van der Waals surface area contributed by atoms with Gasteiger partial charge in [0.2, 0.25) is 5.91 Å². The lowest BCUT2D eigenvalue weighted by atomic mass is 10.1. The van der Waals surface area contributed by atoms with E-state index in [1.807, 2.05) is 37.3 Å². The lowest BCUT2D eigenvalue weighted by molar-refractivity contribution is -0.122. The Balaban J connectivity index is 1.73.